The lowest BCUT2D eigenvalue weighted by molar-refractivity contribution is 0.298. The van der Waals surface area contributed by atoms with Gasteiger partial charge in [0.25, 0.3) is 0 Å². The molecule has 106 valence electrons. The fourth-order valence-corrected chi connectivity index (χ4v) is 2.61. The monoisotopic (exact) mass is 317 g/mol. The molecule has 2 nitrogen and oxygen atoms in total. The van der Waals surface area contributed by atoms with Crippen molar-refractivity contribution in [2.75, 3.05) is 0 Å². The van der Waals surface area contributed by atoms with Gasteiger partial charge >= 0.3 is 0 Å². The normalized spacial score (nSPS) is 10.8. The zero-order valence-corrected chi connectivity index (χ0v) is 12.7. The van der Waals surface area contributed by atoms with Gasteiger partial charge in [0.2, 0.25) is 5.88 Å². The van der Waals surface area contributed by atoms with E-state index in [1.807, 2.05) is 48.5 Å². The zero-order chi connectivity index (χ0) is 14.7. The highest BCUT2D eigenvalue weighted by Crippen LogP contribution is 2.28. The number of benzene rings is 2. The maximum absolute atomic E-state index is 6.14. The Bertz CT molecular complexity index is 774. The second kappa shape index (κ2) is 6.33. The molecule has 1 aromatic heterocycles. The molecule has 0 radical (unpaired) electrons. The number of halogens is 2. The third-order valence-corrected chi connectivity index (χ3v) is 3.96. The molecule has 2 aromatic carbocycles. The van der Waals surface area contributed by atoms with Crippen molar-refractivity contribution < 1.29 is 4.74 Å². The molecule has 0 aliphatic heterocycles. The van der Waals surface area contributed by atoms with Crippen LogP contribution in [0.15, 0.2) is 54.7 Å². The molecule has 0 N–H and O–H groups in total. The maximum atomic E-state index is 6.14. The molecule has 0 aliphatic carbocycles. The van der Waals surface area contributed by atoms with E-state index in [4.69, 9.17) is 27.9 Å². The van der Waals surface area contributed by atoms with Crippen LogP contribution in [0.2, 0.25) is 5.02 Å². The molecule has 0 unspecified atom stereocenters. The van der Waals surface area contributed by atoms with E-state index in [9.17, 15) is 0 Å². The first-order valence-electron chi connectivity index (χ1n) is 6.58. The van der Waals surface area contributed by atoms with E-state index in [-0.39, 0.29) is 0 Å². The van der Waals surface area contributed by atoms with Crippen molar-refractivity contribution in [1.29, 1.82) is 0 Å². The molecule has 1 heterocycles. The highest BCUT2D eigenvalue weighted by molar-refractivity contribution is 6.31. The van der Waals surface area contributed by atoms with Gasteiger partial charge in [0, 0.05) is 28.0 Å². The Morgan fingerprint density at radius 1 is 0.905 bits per heavy atom. The minimum atomic E-state index is 0.386. The summed E-state index contributed by atoms with van der Waals surface area (Å²) >= 11 is 12.1. The smallest absolute Gasteiger partial charge is 0.221 e. The van der Waals surface area contributed by atoms with E-state index in [2.05, 4.69) is 4.98 Å². The molecular formula is C17H13Cl2NO. The van der Waals surface area contributed by atoms with Gasteiger partial charge in [-0.15, -0.1) is 11.6 Å². The molecule has 21 heavy (non-hydrogen) atoms. The predicted octanol–water partition coefficient (Wildman–Crippen LogP) is 5.21. The summed E-state index contributed by atoms with van der Waals surface area (Å²) < 4.78 is 5.85. The van der Waals surface area contributed by atoms with Crippen LogP contribution in [-0.4, -0.2) is 4.98 Å². The summed E-state index contributed by atoms with van der Waals surface area (Å²) in [6.07, 6.45) is 1.76. The Kier molecular flexibility index (Phi) is 4.28. The van der Waals surface area contributed by atoms with E-state index in [0.717, 1.165) is 21.9 Å². The molecule has 0 fully saturated rings. The number of hydrogen-bond acceptors (Lipinski definition) is 2. The number of hydrogen-bond donors (Lipinski definition) is 0. The molecule has 0 atom stereocenters. The van der Waals surface area contributed by atoms with Gasteiger partial charge in [-0.05, 0) is 23.1 Å². The van der Waals surface area contributed by atoms with Gasteiger partial charge in [-0.1, -0.05) is 48.0 Å². The van der Waals surface area contributed by atoms with Crippen molar-refractivity contribution in [3.8, 4) is 5.88 Å². The van der Waals surface area contributed by atoms with Crippen LogP contribution in [0.3, 0.4) is 0 Å². The first-order valence-corrected chi connectivity index (χ1v) is 7.49. The third-order valence-electron chi connectivity index (χ3n) is 3.31. The van der Waals surface area contributed by atoms with Gasteiger partial charge in [0.15, 0.2) is 0 Å². The van der Waals surface area contributed by atoms with E-state index >= 15 is 0 Å². The topological polar surface area (TPSA) is 22.1 Å². The SMILES string of the molecule is ClCc1cnc(OCc2ccccc2Cl)c2ccccc12. The Labute approximate surface area is 133 Å². The van der Waals surface area contributed by atoms with E-state index in [1.54, 1.807) is 6.20 Å². The van der Waals surface area contributed by atoms with E-state index in [0.29, 0.717) is 23.4 Å². The van der Waals surface area contributed by atoms with Crippen LogP contribution in [-0.2, 0) is 12.5 Å². The molecule has 0 bridgehead atoms. The first kappa shape index (κ1) is 14.2. The Balaban J connectivity index is 1.93. The lowest BCUT2D eigenvalue weighted by Crippen LogP contribution is -1.99. The Hall–Kier alpha value is -1.77. The predicted molar refractivity (Wildman–Crippen MR) is 87.1 cm³/mol. The van der Waals surface area contributed by atoms with Crippen molar-refractivity contribution in [2.24, 2.45) is 0 Å². The number of rotatable bonds is 4. The highest BCUT2D eigenvalue weighted by atomic mass is 35.5. The minimum Gasteiger partial charge on any atom is -0.472 e. The molecule has 0 amide bonds. The van der Waals surface area contributed by atoms with Crippen LogP contribution in [0.1, 0.15) is 11.1 Å². The van der Waals surface area contributed by atoms with Crippen molar-refractivity contribution >= 4 is 34.0 Å². The van der Waals surface area contributed by atoms with Gasteiger partial charge in [-0.3, -0.25) is 0 Å². The van der Waals surface area contributed by atoms with Gasteiger partial charge in [0.05, 0.1) is 0 Å². The van der Waals surface area contributed by atoms with Gasteiger partial charge in [-0.25, -0.2) is 4.98 Å². The number of alkyl halides is 1. The standard InChI is InChI=1S/C17H13Cl2NO/c18-9-13-10-20-17(15-7-3-2-6-14(13)15)21-11-12-5-1-4-8-16(12)19/h1-8,10H,9,11H2. The quantitative estimate of drug-likeness (QED) is 0.616. The van der Waals surface area contributed by atoms with Crippen LogP contribution < -0.4 is 4.74 Å². The van der Waals surface area contributed by atoms with Gasteiger partial charge in [-0.2, -0.15) is 0 Å². The number of nitrogens with zero attached hydrogens (tertiary/aromatic N) is 1. The second-order valence-corrected chi connectivity index (χ2v) is 5.32. The largest absolute Gasteiger partial charge is 0.472 e. The average Bonchev–Trinajstić information content (AvgIpc) is 2.54. The van der Waals surface area contributed by atoms with Gasteiger partial charge < -0.3 is 4.74 Å². The number of pyridine rings is 1. The summed E-state index contributed by atoms with van der Waals surface area (Å²) in [5.74, 6) is 1.03. The average molecular weight is 318 g/mol. The first-order chi connectivity index (χ1) is 10.3. The van der Waals surface area contributed by atoms with Crippen LogP contribution >= 0.6 is 23.2 Å². The lowest BCUT2D eigenvalue weighted by atomic mass is 10.1. The van der Waals surface area contributed by atoms with Crippen LogP contribution in [0, 0.1) is 0 Å². The molecule has 0 aliphatic rings. The summed E-state index contributed by atoms with van der Waals surface area (Å²) in [7, 11) is 0. The number of fused-ring (bicyclic) bond motifs is 1. The van der Waals surface area contributed by atoms with E-state index < -0.39 is 0 Å². The highest BCUT2D eigenvalue weighted by Gasteiger charge is 2.08. The molecule has 0 spiro atoms. The maximum Gasteiger partial charge on any atom is 0.221 e. The zero-order valence-electron chi connectivity index (χ0n) is 11.2. The fourth-order valence-electron chi connectivity index (χ4n) is 2.21. The van der Waals surface area contributed by atoms with Gasteiger partial charge in [0.1, 0.15) is 6.61 Å². The Morgan fingerprint density at radius 2 is 1.62 bits per heavy atom. The lowest BCUT2D eigenvalue weighted by Gasteiger charge is -2.11. The van der Waals surface area contributed by atoms with Crippen LogP contribution in [0.25, 0.3) is 10.8 Å². The van der Waals surface area contributed by atoms with Crippen LogP contribution in [0.4, 0.5) is 0 Å². The number of ether oxygens (including phenoxy) is 1. The van der Waals surface area contributed by atoms with Crippen LogP contribution in [0.5, 0.6) is 5.88 Å². The minimum absolute atomic E-state index is 0.386. The molecule has 0 saturated heterocycles. The third kappa shape index (κ3) is 2.97. The van der Waals surface area contributed by atoms with Crippen molar-refractivity contribution in [2.45, 2.75) is 12.5 Å². The molecule has 0 saturated carbocycles. The number of aromatic nitrogens is 1. The Morgan fingerprint density at radius 3 is 2.38 bits per heavy atom. The summed E-state index contributed by atoms with van der Waals surface area (Å²) in [6, 6.07) is 15.6. The summed E-state index contributed by atoms with van der Waals surface area (Å²) in [6.45, 7) is 0.386. The van der Waals surface area contributed by atoms with Crippen molar-refractivity contribution in [3.63, 3.8) is 0 Å². The summed E-state index contributed by atoms with van der Waals surface area (Å²) in [4.78, 5) is 4.37. The molecule has 3 aromatic rings. The molecular weight excluding hydrogens is 305 g/mol. The summed E-state index contributed by atoms with van der Waals surface area (Å²) in [5, 5.41) is 2.72. The molecule has 3 rings (SSSR count). The van der Waals surface area contributed by atoms with Crippen molar-refractivity contribution in [3.05, 3.63) is 70.9 Å². The molecule has 4 heteroatoms. The second-order valence-electron chi connectivity index (χ2n) is 4.65. The summed E-state index contributed by atoms with van der Waals surface area (Å²) in [5.41, 5.74) is 1.93. The van der Waals surface area contributed by atoms with E-state index in [1.165, 1.54) is 0 Å². The fraction of sp³-hybridized carbons (Fsp3) is 0.118. The van der Waals surface area contributed by atoms with Crippen molar-refractivity contribution in [1.82, 2.24) is 4.98 Å².